The molecule has 2 amide bonds. The lowest BCUT2D eigenvalue weighted by atomic mass is 10.0. The summed E-state index contributed by atoms with van der Waals surface area (Å²) in [7, 11) is 0. The Morgan fingerprint density at radius 1 is 0.971 bits per heavy atom. The van der Waals surface area contributed by atoms with Crippen LogP contribution in [0.15, 0.2) is 54.6 Å². The maximum atomic E-state index is 13.3. The van der Waals surface area contributed by atoms with Crippen LogP contribution in [-0.4, -0.2) is 43.0 Å². The summed E-state index contributed by atoms with van der Waals surface area (Å²) in [5.41, 5.74) is 8.09. The van der Waals surface area contributed by atoms with Gasteiger partial charge in [0.15, 0.2) is 0 Å². The van der Waals surface area contributed by atoms with Gasteiger partial charge in [-0.15, -0.1) is 0 Å². The summed E-state index contributed by atoms with van der Waals surface area (Å²) >= 11 is 0. The van der Waals surface area contributed by atoms with Crippen molar-refractivity contribution >= 4 is 24.0 Å². The Balaban J connectivity index is 2.10. The van der Waals surface area contributed by atoms with Gasteiger partial charge in [0.05, 0.1) is 6.04 Å². The van der Waals surface area contributed by atoms with Crippen LogP contribution in [0.5, 0.6) is 0 Å². The maximum absolute atomic E-state index is 13.3. The predicted octanol–water partition coefficient (Wildman–Crippen LogP) is 2.91. The van der Waals surface area contributed by atoms with Gasteiger partial charge in [-0.25, -0.2) is 0 Å². The Hall–Kier alpha value is -3.23. The second-order valence-corrected chi connectivity index (χ2v) is 8.66. The van der Waals surface area contributed by atoms with Crippen LogP contribution in [0, 0.1) is 0 Å². The fourth-order valence-corrected chi connectivity index (χ4v) is 3.62. The van der Waals surface area contributed by atoms with Gasteiger partial charge in [0.2, 0.25) is 11.8 Å². The van der Waals surface area contributed by atoms with Crippen molar-refractivity contribution in [3.63, 3.8) is 0 Å². The van der Waals surface area contributed by atoms with Crippen molar-refractivity contribution in [2.45, 2.75) is 70.7 Å². The molecule has 0 heterocycles. The number of rotatable bonds is 16. The Labute approximate surface area is 208 Å². The summed E-state index contributed by atoms with van der Waals surface area (Å²) in [5, 5.41) is 9.25. The van der Waals surface area contributed by atoms with E-state index in [4.69, 9.17) is 10.5 Å². The average Bonchev–Trinajstić information content (AvgIpc) is 2.87. The Morgan fingerprint density at radius 3 is 2.31 bits per heavy atom. The van der Waals surface area contributed by atoms with Gasteiger partial charge in [-0.3, -0.25) is 14.4 Å². The smallest absolute Gasteiger partial charge is 0.293 e. The van der Waals surface area contributed by atoms with E-state index >= 15 is 0 Å². The zero-order valence-corrected chi connectivity index (χ0v) is 20.7. The second kappa shape index (κ2) is 15.6. The third kappa shape index (κ3) is 10.3. The molecule has 0 saturated heterocycles. The van der Waals surface area contributed by atoms with E-state index in [1.54, 1.807) is 24.3 Å². The van der Waals surface area contributed by atoms with Crippen LogP contribution in [0.2, 0.25) is 0 Å². The van der Waals surface area contributed by atoms with Crippen molar-refractivity contribution in [2.75, 3.05) is 11.9 Å². The third-order valence-corrected chi connectivity index (χ3v) is 5.82. The van der Waals surface area contributed by atoms with Gasteiger partial charge in [-0.05, 0) is 68.8 Å². The number of anilines is 1. The third-order valence-electron chi connectivity index (χ3n) is 5.82. The molecule has 0 aromatic heterocycles. The van der Waals surface area contributed by atoms with E-state index < -0.39 is 12.1 Å². The first-order chi connectivity index (χ1) is 17.0. The standard InChI is InChI=1S/C27H38N4O4/c1-3-20(2)29-25(17-21-9-5-4-6-10-21)27(34)31-24(11-7-8-16-28)26(33)30-23-14-12-22(13-15-23)18-35-19-32/h4-6,9-10,12-15,19-20,24-25,29H,3,7-8,11,16-18,28H2,1-2H3,(H,30,33)(H,31,34)/t20?,24-,25-/m0/s1. The number of carbonyl (C=O) groups is 3. The van der Waals surface area contributed by atoms with Crippen molar-refractivity contribution in [1.29, 1.82) is 0 Å². The molecule has 5 N–H and O–H groups in total. The number of ether oxygens (including phenoxy) is 1. The molecule has 0 radical (unpaired) electrons. The zero-order chi connectivity index (χ0) is 25.5. The van der Waals surface area contributed by atoms with Crippen molar-refractivity contribution in [2.24, 2.45) is 5.73 Å². The van der Waals surface area contributed by atoms with Gasteiger partial charge in [-0.2, -0.15) is 0 Å². The summed E-state index contributed by atoms with van der Waals surface area (Å²) in [4.78, 5) is 36.8. The molecule has 0 bridgehead atoms. The summed E-state index contributed by atoms with van der Waals surface area (Å²) in [6.07, 6.45) is 3.38. The number of nitrogens with one attached hydrogen (secondary N) is 3. The highest BCUT2D eigenvalue weighted by Crippen LogP contribution is 2.13. The minimum Gasteiger partial charge on any atom is -0.463 e. The Kier molecular flexibility index (Phi) is 12.5. The maximum Gasteiger partial charge on any atom is 0.293 e. The van der Waals surface area contributed by atoms with E-state index in [1.807, 2.05) is 37.3 Å². The van der Waals surface area contributed by atoms with Crippen LogP contribution < -0.4 is 21.7 Å². The number of hydrogen-bond acceptors (Lipinski definition) is 6. The van der Waals surface area contributed by atoms with Crippen LogP contribution in [0.3, 0.4) is 0 Å². The minimum absolute atomic E-state index is 0.153. The van der Waals surface area contributed by atoms with Crippen LogP contribution in [0.1, 0.15) is 50.7 Å². The number of carbonyl (C=O) groups excluding carboxylic acids is 3. The molecule has 3 atom stereocenters. The van der Waals surface area contributed by atoms with E-state index in [0.717, 1.165) is 30.4 Å². The van der Waals surface area contributed by atoms with Crippen LogP contribution in [0.25, 0.3) is 0 Å². The molecule has 0 aliphatic heterocycles. The normalized spacial score (nSPS) is 13.3. The minimum atomic E-state index is -0.691. The highest BCUT2D eigenvalue weighted by atomic mass is 16.5. The van der Waals surface area contributed by atoms with Crippen molar-refractivity contribution in [1.82, 2.24) is 10.6 Å². The van der Waals surface area contributed by atoms with Gasteiger partial charge in [0.1, 0.15) is 12.6 Å². The lowest BCUT2D eigenvalue weighted by Gasteiger charge is -2.25. The van der Waals surface area contributed by atoms with Crippen LogP contribution in [0.4, 0.5) is 5.69 Å². The highest BCUT2D eigenvalue weighted by Gasteiger charge is 2.26. The van der Waals surface area contributed by atoms with Crippen molar-refractivity contribution in [3.8, 4) is 0 Å². The number of hydrogen-bond donors (Lipinski definition) is 4. The molecule has 2 rings (SSSR count). The summed E-state index contributed by atoms with van der Waals surface area (Å²) < 4.78 is 4.75. The molecule has 35 heavy (non-hydrogen) atoms. The van der Waals surface area contributed by atoms with E-state index in [0.29, 0.717) is 31.5 Å². The fraction of sp³-hybridized carbons (Fsp3) is 0.444. The fourth-order valence-electron chi connectivity index (χ4n) is 3.62. The molecule has 2 aromatic carbocycles. The quantitative estimate of drug-likeness (QED) is 0.216. The van der Waals surface area contributed by atoms with E-state index in [1.165, 1.54) is 0 Å². The highest BCUT2D eigenvalue weighted by molar-refractivity contribution is 5.97. The van der Waals surface area contributed by atoms with Gasteiger partial charge < -0.3 is 26.4 Å². The predicted molar refractivity (Wildman–Crippen MR) is 138 cm³/mol. The first-order valence-electron chi connectivity index (χ1n) is 12.2. The first-order valence-corrected chi connectivity index (χ1v) is 12.2. The monoisotopic (exact) mass is 482 g/mol. The van der Waals surface area contributed by atoms with Crippen molar-refractivity contribution < 1.29 is 19.1 Å². The zero-order valence-electron chi connectivity index (χ0n) is 20.7. The number of nitrogens with two attached hydrogens (primary N) is 1. The van der Waals surface area contributed by atoms with E-state index in [9.17, 15) is 14.4 Å². The lowest BCUT2D eigenvalue weighted by Crippen LogP contribution is -2.53. The number of amides is 2. The molecule has 0 fully saturated rings. The van der Waals surface area contributed by atoms with E-state index in [2.05, 4.69) is 22.9 Å². The van der Waals surface area contributed by atoms with Crippen molar-refractivity contribution in [3.05, 3.63) is 65.7 Å². The van der Waals surface area contributed by atoms with E-state index in [-0.39, 0.29) is 24.5 Å². The SMILES string of the molecule is CCC(C)N[C@@H](Cc1ccccc1)C(=O)N[C@@H](CCCCN)C(=O)Nc1ccc(COC=O)cc1. The van der Waals surface area contributed by atoms with Crippen LogP contribution in [-0.2, 0) is 32.1 Å². The molecule has 8 heteroatoms. The summed E-state index contributed by atoms with van der Waals surface area (Å²) in [5.74, 6) is -0.488. The van der Waals surface area contributed by atoms with Gasteiger partial charge >= 0.3 is 0 Å². The first kappa shape index (κ1) is 28.0. The molecule has 0 saturated carbocycles. The van der Waals surface area contributed by atoms with Gasteiger partial charge in [0.25, 0.3) is 6.47 Å². The average molecular weight is 483 g/mol. The Bertz CT molecular complexity index is 905. The Morgan fingerprint density at radius 2 is 1.69 bits per heavy atom. The molecule has 1 unspecified atom stereocenters. The molecular formula is C27H38N4O4. The largest absolute Gasteiger partial charge is 0.463 e. The van der Waals surface area contributed by atoms with Crippen LogP contribution >= 0.6 is 0 Å². The van der Waals surface area contributed by atoms with Gasteiger partial charge in [-0.1, -0.05) is 49.4 Å². The second-order valence-electron chi connectivity index (χ2n) is 8.66. The topological polar surface area (TPSA) is 123 Å². The molecule has 0 aliphatic rings. The molecule has 2 aromatic rings. The molecule has 190 valence electrons. The van der Waals surface area contributed by atoms with Gasteiger partial charge in [0, 0.05) is 11.7 Å². The number of benzene rings is 2. The summed E-state index contributed by atoms with van der Waals surface area (Å²) in [6, 6.07) is 15.9. The molecular weight excluding hydrogens is 444 g/mol. The molecule has 0 spiro atoms. The molecule has 8 nitrogen and oxygen atoms in total. The molecule has 0 aliphatic carbocycles. The lowest BCUT2D eigenvalue weighted by molar-refractivity contribution is -0.129. The number of unbranched alkanes of at least 4 members (excludes halogenated alkanes) is 1. The summed E-state index contributed by atoms with van der Waals surface area (Å²) in [6.45, 7) is 5.20.